The number of methoxy groups -OCH3 is 1. The van der Waals surface area contributed by atoms with E-state index in [1.54, 1.807) is 0 Å². The summed E-state index contributed by atoms with van der Waals surface area (Å²) < 4.78 is 71.9. The Balaban J connectivity index is 1.96. The van der Waals surface area contributed by atoms with Gasteiger partial charge in [-0.2, -0.15) is 0 Å². The molecule has 5 nitrogen and oxygen atoms in total. The summed E-state index contributed by atoms with van der Waals surface area (Å²) in [4.78, 5) is 27.5. The summed E-state index contributed by atoms with van der Waals surface area (Å²) in [6, 6.07) is 4.25. The van der Waals surface area contributed by atoms with Gasteiger partial charge in [0, 0.05) is 0 Å². The number of ether oxygens (including phenoxy) is 1. The first-order valence-corrected chi connectivity index (χ1v) is 7.88. The second-order valence-corrected chi connectivity index (χ2v) is 6.12. The van der Waals surface area contributed by atoms with E-state index < -0.39 is 46.5 Å². The van der Waals surface area contributed by atoms with Gasteiger partial charge < -0.3 is 4.74 Å². The molecule has 0 aliphatic rings. The number of thiazole rings is 1. The molecule has 0 spiro atoms. The fraction of sp³-hybridized carbons (Fsp3) is 0.0625. The van der Waals surface area contributed by atoms with Crippen molar-refractivity contribution in [1.82, 2.24) is 4.98 Å². The normalized spacial score (nSPS) is 10.9. The zero-order chi connectivity index (χ0) is 19.9. The SMILES string of the molecule is COC(=O)c1ccc2nc(NC(=O)c3c(F)c(F)c(F)c(F)c3F)sc2c1. The number of nitrogens with one attached hydrogen (secondary N) is 1. The Labute approximate surface area is 151 Å². The molecule has 0 aliphatic heterocycles. The van der Waals surface area contributed by atoms with E-state index >= 15 is 0 Å². The predicted molar refractivity (Wildman–Crippen MR) is 85.1 cm³/mol. The third kappa shape index (κ3) is 3.21. The summed E-state index contributed by atoms with van der Waals surface area (Å²) in [5.41, 5.74) is -1.09. The molecule has 0 atom stereocenters. The van der Waals surface area contributed by atoms with Crippen LogP contribution in [0.4, 0.5) is 27.1 Å². The monoisotopic (exact) mass is 402 g/mol. The number of hydrogen-bond donors (Lipinski definition) is 1. The molecule has 1 heterocycles. The molecule has 1 N–H and O–H groups in total. The van der Waals surface area contributed by atoms with Gasteiger partial charge in [-0.1, -0.05) is 11.3 Å². The van der Waals surface area contributed by atoms with E-state index in [0.29, 0.717) is 10.2 Å². The fourth-order valence-electron chi connectivity index (χ4n) is 2.19. The Morgan fingerprint density at radius 3 is 2.19 bits per heavy atom. The summed E-state index contributed by atoms with van der Waals surface area (Å²) in [6.45, 7) is 0. The van der Waals surface area contributed by atoms with Crippen molar-refractivity contribution in [3.63, 3.8) is 0 Å². The Bertz CT molecular complexity index is 1070. The number of anilines is 1. The van der Waals surface area contributed by atoms with Crippen LogP contribution in [0.3, 0.4) is 0 Å². The first-order valence-electron chi connectivity index (χ1n) is 7.06. The lowest BCUT2D eigenvalue weighted by Crippen LogP contribution is -2.19. The third-order valence-electron chi connectivity index (χ3n) is 3.47. The van der Waals surface area contributed by atoms with Crippen LogP contribution in [-0.2, 0) is 4.74 Å². The van der Waals surface area contributed by atoms with Gasteiger partial charge >= 0.3 is 5.97 Å². The minimum Gasteiger partial charge on any atom is -0.465 e. The molecule has 0 radical (unpaired) electrons. The molecular weight excluding hydrogens is 395 g/mol. The number of carbonyl (C=O) groups is 2. The average Bonchev–Trinajstić information content (AvgIpc) is 3.05. The first-order chi connectivity index (χ1) is 12.7. The van der Waals surface area contributed by atoms with Crippen LogP contribution in [0.2, 0.25) is 0 Å². The van der Waals surface area contributed by atoms with Crippen molar-refractivity contribution in [3.8, 4) is 0 Å². The topological polar surface area (TPSA) is 68.3 Å². The van der Waals surface area contributed by atoms with Crippen LogP contribution in [0.25, 0.3) is 10.2 Å². The molecular formula is C16H7F5N2O3S. The number of esters is 1. The van der Waals surface area contributed by atoms with E-state index in [9.17, 15) is 31.5 Å². The van der Waals surface area contributed by atoms with Gasteiger partial charge in [0.05, 0.1) is 22.9 Å². The van der Waals surface area contributed by atoms with Gasteiger partial charge in [0.2, 0.25) is 5.82 Å². The molecule has 0 bridgehead atoms. The molecule has 0 unspecified atom stereocenters. The van der Waals surface area contributed by atoms with Crippen LogP contribution < -0.4 is 5.32 Å². The van der Waals surface area contributed by atoms with Crippen LogP contribution in [0.1, 0.15) is 20.7 Å². The molecule has 0 fully saturated rings. The quantitative estimate of drug-likeness (QED) is 0.311. The Kier molecular flexibility index (Phi) is 4.79. The summed E-state index contributed by atoms with van der Waals surface area (Å²) in [6.07, 6.45) is 0. The molecule has 0 saturated carbocycles. The van der Waals surface area contributed by atoms with Crippen molar-refractivity contribution in [3.05, 3.63) is 58.4 Å². The highest BCUT2D eigenvalue weighted by molar-refractivity contribution is 7.22. The maximum Gasteiger partial charge on any atom is 0.337 e. The minimum atomic E-state index is -2.36. The van der Waals surface area contributed by atoms with Gasteiger partial charge in [0.1, 0.15) is 5.56 Å². The van der Waals surface area contributed by atoms with Crippen molar-refractivity contribution in [2.45, 2.75) is 0 Å². The lowest BCUT2D eigenvalue weighted by Gasteiger charge is -2.07. The number of nitrogens with zero attached hydrogens (tertiary/aromatic N) is 1. The van der Waals surface area contributed by atoms with E-state index in [1.165, 1.54) is 25.3 Å². The smallest absolute Gasteiger partial charge is 0.337 e. The Hall–Kier alpha value is -3.08. The van der Waals surface area contributed by atoms with Gasteiger partial charge in [0.25, 0.3) is 5.91 Å². The predicted octanol–water partition coefficient (Wildman–Crippen LogP) is 4.03. The molecule has 140 valence electrons. The van der Waals surface area contributed by atoms with E-state index in [1.807, 2.05) is 5.32 Å². The minimum absolute atomic E-state index is 0.166. The number of carbonyl (C=O) groups excluding carboxylic acids is 2. The number of aromatic nitrogens is 1. The Morgan fingerprint density at radius 1 is 1.00 bits per heavy atom. The molecule has 11 heteroatoms. The second-order valence-electron chi connectivity index (χ2n) is 5.09. The number of benzene rings is 2. The van der Waals surface area contributed by atoms with Crippen molar-refractivity contribution >= 4 is 38.6 Å². The van der Waals surface area contributed by atoms with Crippen molar-refractivity contribution in [1.29, 1.82) is 0 Å². The van der Waals surface area contributed by atoms with Crippen LogP contribution >= 0.6 is 11.3 Å². The highest BCUT2D eigenvalue weighted by Gasteiger charge is 2.30. The number of hydrogen-bond acceptors (Lipinski definition) is 5. The van der Waals surface area contributed by atoms with Crippen molar-refractivity contribution in [2.75, 3.05) is 12.4 Å². The third-order valence-corrected chi connectivity index (χ3v) is 4.40. The van der Waals surface area contributed by atoms with E-state index in [2.05, 4.69) is 9.72 Å². The number of amides is 1. The molecule has 0 aliphatic carbocycles. The largest absolute Gasteiger partial charge is 0.465 e. The van der Waals surface area contributed by atoms with E-state index in [0.717, 1.165) is 11.3 Å². The maximum atomic E-state index is 13.7. The fourth-order valence-corrected chi connectivity index (χ4v) is 3.09. The van der Waals surface area contributed by atoms with Crippen LogP contribution in [-0.4, -0.2) is 24.0 Å². The molecule has 1 aromatic heterocycles. The van der Waals surface area contributed by atoms with Gasteiger partial charge in [-0.05, 0) is 18.2 Å². The van der Waals surface area contributed by atoms with Gasteiger partial charge in [-0.3, -0.25) is 10.1 Å². The second kappa shape index (κ2) is 6.91. The number of halogens is 5. The molecule has 3 rings (SSSR count). The molecule has 2 aromatic carbocycles. The summed E-state index contributed by atoms with van der Waals surface area (Å²) >= 11 is 0.828. The maximum absolute atomic E-state index is 13.7. The average molecular weight is 402 g/mol. The zero-order valence-corrected chi connectivity index (χ0v) is 14.0. The summed E-state index contributed by atoms with van der Waals surface area (Å²) in [5, 5.41) is 1.82. The van der Waals surface area contributed by atoms with Gasteiger partial charge in [-0.25, -0.2) is 31.7 Å². The van der Waals surface area contributed by atoms with Crippen LogP contribution in [0.5, 0.6) is 0 Å². The van der Waals surface area contributed by atoms with Crippen LogP contribution in [0, 0.1) is 29.1 Å². The molecule has 3 aromatic rings. The lowest BCUT2D eigenvalue weighted by atomic mass is 10.1. The van der Waals surface area contributed by atoms with E-state index in [-0.39, 0.29) is 10.7 Å². The highest BCUT2D eigenvalue weighted by atomic mass is 32.1. The number of fused-ring (bicyclic) bond motifs is 1. The Morgan fingerprint density at radius 2 is 1.59 bits per heavy atom. The molecule has 1 amide bonds. The lowest BCUT2D eigenvalue weighted by molar-refractivity contribution is 0.0600. The van der Waals surface area contributed by atoms with E-state index in [4.69, 9.17) is 0 Å². The number of rotatable bonds is 3. The molecule has 27 heavy (non-hydrogen) atoms. The summed E-state index contributed by atoms with van der Waals surface area (Å²) in [7, 11) is 1.19. The van der Waals surface area contributed by atoms with Gasteiger partial charge in [0.15, 0.2) is 28.4 Å². The first kappa shape index (κ1) is 18.7. The zero-order valence-electron chi connectivity index (χ0n) is 13.2. The van der Waals surface area contributed by atoms with Crippen molar-refractivity contribution < 1.29 is 36.3 Å². The highest BCUT2D eigenvalue weighted by Crippen LogP contribution is 2.29. The van der Waals surface area contributed by atoms with Gasteiger partial charge in [-0.15, -0.1) is 0 Å². The standard InChI is InChI=1S/C16H7F5N2O3S/c1-26-15(25)5-2-3-6-7(4-5)27-16(22-6)23-14(24)8-9(17)11(19)13(21)12(20)10(8)18/h2-4H,1H3,(H,22,23,24). The summed E-state index contributed by atoms with van der Waals surface area (Å²) in [5.74, 6) is -13.5. The van der Waals surface area contributed by atoms with Crippen molar-refractivity contribution in [2.24, 2.45) is 0 Å². The molecule has 0 saturated heterocycles. The van der Waals surface area contributed by atoms with Crippen LogP contribution in [0.15, 0.2) is 18.2 Å².